The molecule has 2 fully saturated rings. The zero-order chi connectivity index (χ0) is 21.4. The van der Waals surface area contributed by atoms with Gasteiger partial charge in [-0.1, -0.05) is 32.1 Å². The van der Waals surface area contributed by atoms with Crippen LogP contribution < -0.4 is 10.1 Å². The highest BCUT2D eigenvalue weighted by molar-refractivity contribution is 7.89. The number of methoxy groups -OCH3 is 1. The molecule has 7 nitrogen and oxygen atoms in total. The SMILES string of the molecule is COc1ccc(S(=O)(=O)N2CCCCCC2)cc1NC(=O)CN1CCCCCCC1. The smallest absolute Gasteiger partial charge is 0.243 e. The number of rotatable bonds is 6. The van der Waals surface area contributed by atoms with Crippen LogP contribution in [0.4, 0.5) is 5.69 Å². The third kappa shape index (κ3) is 6.18. The van der Waals surface area contributed by atoms with Gasteiger partial charge in [0.15, 0.2) is 0 Å². The van der Waals surface area contributed by atoms with E-state index < -0.39 is 10.0 Å². The predicted molar refractivity (Wildman–Crippen MR) is 118 cm³/mol. The normalized spacial score (nSPS) is 20.0. The average Bonchev–Trinajstić information content (AvgIpc) is 3.00. The number of amides is 1. The molecule has 0 radical (unpaired) electrons. The van der Waals surface area contributed by atoms with E-state index in [-0.39, 0.29) is 10.8 Å². The molecule has 2 aliphatic rings. The van der Waals surface area contributed by atoms with Crippen LogP contribution in [-0.4, -0.2) is 63.4 Å². The van der Waals surface area contributed by atoms with E-state index in [2.05, 4.69) is 10.2 Å². The number of carbonyl (C=O) groups excluding carboxylic acids is 1. The van der Waals surface area contributed by atoms with Crippen molar-refractivity contribution in [1.29, 1.82) is 0 Å². The highest BCUT2D eigenvalue weighted by atomic mass is 32.2. The maximum Gasteiger partial charge on any atom is 0.243 e. The Morgan fingerprint density at radius 2 is 1.50 bits per heavy atom. The molecule has 2 saturated heterocycles. The Hall–Kier alpha value is -1.64. The van der Waals surface area contributed by atoms with E-state index in [1.54, 1.807) is 16.4 Å². The first kappa shape index (κ1) is 23.0. The summed E-state index contributed by atoms with van der Waals surface area (Å²) in [6, 6.07) is 4.72. The van der Waals surface area contributed by atoms with Crippen molar-refractivity contribution in [2.24, 2.45) is 0 Å². The minimum Gasteiger partial charge on any atom is -0.495 e. The van der Waals surface area contributed by atoms with Crippen LogP contribution in [-0.2, 0) is 14.8 Å². The van der Waals surface area contributed by atoms with Gasteiger partial charge in [0.2, 0.25) is 15.9 Å². The second-order valence-corrected chi connectivity index (χ2v) is 10.2. The Morgan fingerprint density at radius 1 is 0.933 bits per heavy atom. The van der Waals surface area contributed by atoms with E-state index in [4.69, 9.17) is 4.74 Å². The van der Waals surface area contributed by atoms with Gasteiger partial charge < -0.3 is 10.1 Å². The lowest BCUT2D eigenvalue weighted by atomic mass is 10.1. The molecule has 2 aliphatic heterocycles. The van der Waals surface area contributed by atoms with Crippen molar-refractivity contribution in [3.05, 3.63) is 18.2 Å². The number of likely N-dealkylation sites (tertiary alicyclic amines) is 1. The van der Waals surface area contributed by atoms with Crippen LogP contribution in [0, 0.1) is 0 Å². The topological polar surface area (TPSA) is 79.0 Å². The quantitative estimate of drug-likeness (QED) is 0.737. The molecule has 1 aromatic carbocycles. The van der Waals surface area contributed by atoms with E-state index in [1.807, 2.05) is 0 Å². The predicted octanol–water partition coefficient (Wildman–Crippen LogP) is 3.46. The fourth-order valence-electron chi connectivity index (χ4n) is 4.24. The molecular formula is C22H35N3O4S. The lowest BCUT2D eigenvalue weighted by Crippen LogP contribution is -2.35. The third-order valence-corrected chi connectivity index (χ3v) is 7.86. The lowest BCUT2D eigenvalue weighted by Gasteiger charge is -2.24. The van der Waals surface area contributed by atoms with Gasteiger partial charge in [0, 0.05) is 13.1 Å². The summed E-state index contributed by atoms with van der Waals surface area (Å²) in [5.74, 6) is 0.323. The van der Waals surface area contributed by atoms with Crippen LogP contribution in [0.5, 0.6) is 5.75 Å². The van der Waals surface area contributed by atoms with E-state index in [9.17, 15) is 13.2 Å². The molecule has 0 saturated carbocycles. The molecule has 168 valence electrons. The molecule has 0 aromatic heterocycles. The molecule has 8 heteroatoms. The fraction of sp³-hybridized carbons (Fsp3) is 0.682. The molecule has 0 bridgehead atoms. The summed E-state index contributed by atoms with van der Waals surface area (Å²) in [5, 5.41) is 2.88. The van der Waals surface area contributed by atoms with Gasteiger partial charge in [0.25, 0.3) is 0 Å². The summed E-state index contributed by atoms with van der Waals surface area (Å²) < 4.78 is 33.2. The zero-order valence-corrected chi connectivity index (χ0v) is 18.9. The van der Waals surface area contributed by atoms with Crippen molar-refractivity contribution < 1.29 is 17.9 Å². The summed E-state index contributed by atoms with van der Waals surface area (Å²) >= 11 is 0. The number of hydrogen-bond donors (Lipinski definition) is 1. The number of carbonyl (C=O) groups is 1. The lowest BCUT2D eigenvalue weighted by molar-refractivity contribution is -0.117. The van der Waals surface area contributed by atoms with Crippen molar-refractivity contribution in [2.45, 2.75) is 62.7 Å². The fourth-order valence-corrected chi connectivity index (χ4v) is 5.78. The van der Waals surface area contributed by atoms with Gasteiger partial charge in [-0.05, 0) is 57.0 Å². The maximum atomic E-state index is 13.1. The van der Waals surface area contributed by atoms with Gasteiger partial charge in [-0.2, -0.15) is 4.31 Å². The molecule has 1 N–H and O–H groups in total. The second-order valence-electron chi connectivity index (χ2n) is 8.27. The highest BCUT2D eigenvalue weighted by Crippen LogP contribution is 2.30. The largest absolute Gasteiger partial charge is 0.495 e. The number of nitrogens with zero attached hydrogens (tertiary/aromatic N) is 2. The molecule has 1 amide bonds. The van der Waals surface area contributed by atoms with E-state index in [1.165, 1.54) is 32.4 Å². The Kier molecular flexibility index (Phi) is 8.53. The minimum absolute atomic E-state index is 0.141. The van der Waals surface area contributed by atoms with E-state index in [0.717, 1.165) is 51.6 Å². The molecule has 0 spiro atoms. The molecular weight excluding hydrogens is 402 g/mol. The van der Waals surface area contributed by atoms with Crippen molar-refractivity contribution in [3.63, 3.8) is 0 Å². The standard InChI is InChI=1S/C22H35N3O4S/c1-29-21-12-11-19(30(27,28)25-15-9-5-6-10-16-25)17-20(21)23-22(26)18-24-13-7-3-2-4-8-14-24/h11-12,17H,2-10,13-16,18H2,1H3,(H,23,26). The first-order valence-corrected chi connectivity index (χ1v) is 12.6. The number of benzene rings is 1. The van der Waals surface area contributed by atoms with Gasteiger partial charge in [0.1, 0.15) is 5.75 Å². The maximum absolute atomic E-state index is 13.1. The molecule has 3 rings (SSSR count). The van der Waals surface area contributed by atoms with Crippen LogP contribution >= 0.6 is 0 Å². The third-order valence-electron chi connectivity index (χ3n) is 5.96. The molecule has 30 heavy (non-hydrogen) atoms. The van der Waals surface area contributed by atoms with Crippen LogP contribution in [0.3, 0.4) is 0 Å². The first-order chi connectivity index (χ1) is 14.5. The number of anilines is 1. The van der Waals surface area contributed by atoms with Crippen molar-refractivity contribution in [3.8, 4) is 5.75 Å². The summed E-state index contributed by atoms with van der Waals surface area (Å²) in [6.45, 7) is 3.25. The van der Waals surface area contributed by atoms with Gasteiger partial charge in [-0.3, -0.25) is 9.69 Å². The summed E-state index contributed by atoms with van der Waals surface area (Å²) in [6.07, 6.45) is 9.81. The van der Waals surface area contributed by atoms with Crippen molar-refractivity contribution in [2.75, 3.05) is 45.2 Å². The van der Waals surface area contributed by atoms with Gasteiger partial charge in [-0.15, -0.1) is 0 Å². The average molecular weight is 438 g/mol. The van der Waals surface area contributed by atoms with Crippen LogP contribution in [0.1, 0.15) is 57.8 Å². The summed E-state index contributed by atoms with van der Waals surface area (Å²) in [7, 11) is -2.07. The summed E-state index contributed by atoms with van der Waals surface area (Å²) in [5.41, 5.74) is 0.408. The van der Waals surface area contributed by atoms with Crippen LogP contribution in [0.25, 0.3) is 0 Å². The molecule has 0 unspecified atom stereocenters. The zero-order valence-electron chi connectivity index (χ0n) is 18.1. The highest BCUT2D eigenvalue weighted by Gasteiger charge is 2.26. The summed E-state index contributed by atoms with van der Waals surface area (Å²) in [4.78, 5) is 15.1. The van der Waals surface area contributed by atoms with E-state index >= 15 is 0 Å². The number of ether oxygens (including phenoxy) is 1. The van der Waals surface area contributed by atoms with E-state index in [0.29, 0.717) is 31.1 Å². The van der Waals surface area contributed by atoms with Gasteiger partial charge >= 0.3 is 0 Å². The molecule has 1 aromatic rings. The van der Waals surface area contributed by atoms with Crippen LogP contribution in [0.15, 0.2) is 23.1 Å². The first-order valence-electron chi connectivity index (χ1n) is 11.2. The minimum atomic E-state index is -3.59. The Morgan fingerprint density at radius 3 is 2.10 bits per heavy atom. The molecule has 2 heterocycles. The van der Waals surface area contributed by atoms with Crippen LogP contribution in [0.2, 0.25) is 0 Å². The Labute approximate surface area is 180 Å². The van der Waals surface area contributed by atoms with Gasteiger partial charge in [-0.25, -0.2) is 8.42 Å². The Bertz CT molecular complexity index is 797. The molecule has 0 aliphatic carbocycles. The Balaban J connectivity index is 1.72. The van der Waals surface area contributed by atoms with Crippen molar-refractivity contribution >= 4 is 21.6 Å². The molecule has 0 atom stereocenters. The number of sulfonamides is 1. The number of nitrogens with one attached hydrogen (secondary N) is 1. The second kappa shape index (κ2) is 11.1. The number of hydrogen-bond acceptors (Lipinski definition) is 5. The van der Waals surface area contributed by atoms with Gasteiger partial charge in [0.05, 0.1) is 24.2 Å². The van der Waals surface area contributed by atoms with Crippen molar-refractivity contribution in [1.82, 2.24) is 9.21 Å². The monoisotopic (exact) mass is 437 g/mol.